The second-order valence-electron chi connectivity index (χ2n) is 3.93. The molecule has 0 aromatic carbocycles. The summed E-state index contributed by atoms with van der Waals surface area (Å²) in [6.07, 6.45) is 5.29. The first-order valence-electron chi connectivity index (χ1n) is 5.08. The minimum atomic E-state index is 0.581. The topological polar surface area (TPSA) is 40.7 Å². The second kappa shape index (κ2) is 4.40. The summed E-state index contributed by atoms with van der Waals surface area (Å²) in [6.45, 7) is 2.31. The maximum Gasteiger partial charge on any atom is 0.204 e. The molecule has 1 fully saturated rings. The lowest BCUT2D eigenvalue weighted by Crippen LogP contribution is -2.30. The normalized spacial score (nSPS) is 27.5. The van der Waals surface area contributed by atoms with E-state index >= 15 is 0 Å². The van der Waals surface area contributed by atoms with Gasteiger partial charge in [-0.2, -0.15) is 0 Å². The second-order valence-corrected chi connectivity index (χ2v) is 5.60. The molecule has 0 radical (unpaired) electrons. The van der Waals surface area contributed by atoms with Crippen LogP contribution in [0.3, 0.4) is 0 Å². The Balaban J connectivity index is 1.99. The zero-order chi connectivity index (χ0) is 9.97. The molecule has 1 aromatic rings. The predicted octanol–water partition coefficient (Wildman–Crippen LogP) is 3.19. The van der Waals surface area contributed by atoms with Crippen molar-refractivity contribution in [2.75, 3.05) is 5.32 Å². The van der Waals surface area contributed by atoms with E-state index in [1.54, 1.807) is 0 Å². The molecule has 5 heteroatoms. The van der Waals surface area contributed by atoms with Crippen LogP contribution in [0.1, 0.15) is 32.6 Å². The minimum absolute atomic E-state index is 0.581. The molecule has 1 heterocycles. The summed E-state index contributed by atoms with van der Waals surface area (Å²) in [5, 5.41) is 11.3. The standard InChI is InChI=1S/C9H15N3S2/c1-6-4-2-3-5-7(6)10-8-11-12-9(13)14-8/h6-7H,2-5H2,1H3,(H,10,11)(H,12,13)/t6-,7+/m0/s1. The molecule has 2 N–H and O–H groups in total. The highest BCUT2D eigenvalue weighted by Crippen LogP contribution is 2.27. The van der Waals surface area contributed by atoms with Gasteiger partial charge in [0.15, 0.2) is 3.95 Å². The summed E-state index contributed by atoms with van der Waals surface area (Å²) in [5.41, 5.74) is 0. The van der Waals surface area contributed by atoms with Crippen LogP contribution in [0.15, 0.2) is 0 Å². The van der Waals surface area contributed by atoms with Gasteiger partial charge in [-0.25, -0.2) is 0 Å². The molecule has 1 aromatic heterocycles. The van der Waals surface area contributed by atoms with Gasteiger partial charge in [-0.3, -0.25) is 5.10 Å². The van der Waals surface area contributed by atoms with Crippen LogP contribution >= 0.6 is 23.6 Å². The summed E-state index contributed by atoms with van der Waals surface area (Å²) in [5.74, 6) is 0.751. The highest BCUT2D eigenvalue weighted by molar-refractivity contribution is 7.73. The molecular weight excluding hydrogens is 214 g/mol. The van der Waals surface area contributed by atoms with Crippen molar-refractivity contribution >= 4 is 28.7 Å². The van der Waals surface area contributed by atoms with E-state index in [2.05, 4.69) is 22.4 Å². The number of rotatable bonds is 2. The Morgan fingerprint density at radius 1 is 1.50 bits per heavy atom. The number of nitrogens with zero attached hydrogens (tertiary/aromatic N) is 1. The molecule has 1 aliphatic rings. The Kier molecular flexibility index (Phi) is 3.18. The van der Waals surface area contributed by atoms with Crippen molar-refractivity contribution < 1.29 is 0 Å². The van der Waals surface area contributed by atoms with E-state index < -0.39 is 0 Å². The van der Waals surface area contributed by atoms with Gasteiger partial charge in [-0.05, 0) is 31.0 Å². The summed E-state index contributed by atoms with van der Waals surface area (Å²) in [6, 6.07) is 0.581. The molecule has 14 heavy (non-hydrogen) atoms. The molecule has 0 amide bonds. The van der Waals surface area contributed by atoms with E-state index in [4.69, 9.17) is 12.2 Å². The Hall–Kier alpha value is -0.420. The first kappa shape index (κ1) is 10.1. The molecule has 1 aliphatic carbocycles. The SMILES string of the molecule is C[C@H]1CCCC[C@H]1Nc1n[nH]c(=S)s1. The van der Waals surface area contributed by atoms with Crippen molar-refractivity contribution in [3.63, 3.8) is 0 Å². The fourth-order valence-corrected chi connectivity index (χ4v) is 2.83. The first-order valence-corrected chi connectivity index (χ1v) is 6.30. The molecule has 1 saturated carbocycles. The zero-order valence-electron chi connectivity index (χ0n) is 8.25. The molecule has 0 saturated heterocycles. The maximum atomic E-state index is 4.99. The lowest BCUT2D eigenvalue weighted by molar-refractivity contribution is 0.349. The van der Waals surface area contributed by atoms with Crippen molar-refractivity contribution in [1.82, 2.24) is 10.2 Å². The van der Waals surface area contributed by atoms with Crippen molar-refractivity contribution in [3.8, 4) is 0 Å². The van der Waals surface area contributed by atoms with Crippen LogP contribution in [0.2, 0.25) is 0 Å². The molecular formula is C9H15N3S2. The van der Waals surface area contributed by atoms with Crippen LogP contribution in [0.5, 0.6) is 0 Å². The third kappa shape index (κ3) is 2.33. The first-order chi connectivity index (χ1) is 6.75. The van der Waals surface area contributed by atoms with Crippen molar-refractivity contribution in [3.05, 3.63) is 3.95 Å². The smallest absolute Gasteiger partial charge is 0.204 e. The minimum Gasteiger partial charge on any atom is -0.357 e. The average Bonchev–Trinajstić information content (AvgIpc) is 2.56. The van der Waals surface area contributed by atoms with Crippen LogP contribution in [0.4, 0.5) is 5.13 Å². The highest BCUT2D eigenvalue weighted by atomic mass is 32.1. The van der Waals surface area contributed by atoms with Gasteiger partial charge >= 0.3 is 0 Å². The van der Waals surface area contributed by atoms with Crippen LogP contribution in [-0.4, -0.2) is 16.2 Å². The number of aromatic nitrogens is 2. The Bertz CT molecular complexity index is 344. The zero-order valence-corrected chi connectivity index (χ0v) is 9.88. The number of anilines is 1. The van der Waals surface area contributed by atoms with E-state index in [1.807, 2.05) is 0 Å². The number of hydrogen-bond acceptors (Lipinski definition) is 4. The predicted molar refractivity (Wildman–Crippen MR) is 62.3 cm³/mol. The number of hydrogen-bond donors (Lipinski definition) is 2. The quantitative estimate of drug-likeness (QED) is 0.765. The van der Waals surface area contributed by atoms with E-state index in [-0.39, 0.29) is 0 Å². The van der Waals surface area contributed by atoms with Gasteiger partial charge in [0.2, 0.25) is 5.13 Å². The van der Waals surface area contributed by atoms with E-state index in [0.29, 0.717) is 6.04 Å². The highest BCUT2D eigenvalue weighted by Gasteiger charge is 2.21. The fourth-order valence-electron chi connectivity index (χ4n) is 1.98. The molecule has 0 unspecified atom stereocenters. The molecule has 2 atom stereocenters. The van der Waals surface area contributed by atoms with Crippen LogP contribution in [-0.2, 0) is 0 Å². The molecule has 0 spiro atoms. The fraction of sp³-hybridized carbons (Fsp3) is 0.778. The van der Waals surface area contributed by atoms with E-state index in [1.165, 1.54) is 37.0 Å². The summed E-state index contributed by atoms with van der Waals surface area (Å²) in [7, 11) is 0. The van der Waals surface area contributed by atoms with Gasteiger partial charge < -0.3 is 5.32 Å². The van der Waals surface area contributed by atoms with Gasteiger partial charge in [-0.15, -0.1) is 5.10 Å². The molecule has 3 nitrogen and oxygen atoms in total. The van der Waals surface area contributed by atoms with E-state index in [9.17, 15) is 0 Å². The third-order valence-electron chi connectivity index (χ3n) is 2.86. The summed E-state index contributed by atoms with van der Waals surface area (Å²) >= 11 is 6.51. The van der Waals surface area contributed by atoms with Crippen molar-refractivity contribution in [2.45, 2.75) is 38.6 Å². The lowest BCUT2D eigenvalue weighted by Gasteiger charge is -2.29. The lowest BCUT2D eigenvalue weighted by atomic mass is 9.86. The number of H-pyrrole nitrogens is 1. The Morgan fingerprint density at radius 2 is 2.29 bits per heavy atom. The molecule has 2 rings (SSSR count). The Labute approximate surface area is 92.9 Å². The van der Waals surface area contributed by atoms with Crippen molar-refractivity contribution in [1.29, 1.82) is 0 Å². The van der Waals surface area contributed by atoms with Gasteiger partial charge in [-0.1, -0.05) is 31.1 Å². The summed E-state index contributed by atoms with van der Waals surface area (Å²) in [4.78, 5) is 0. The maximum absolute atomic E-state index is 4.99. The van der Waals surface area contributed by atoms with Gasteiger partial charge in [0.1, 0.15) is 0 Å². The van der Waals surface area contributed by atoms with Crippen LogP contribution in [0.25, 0.3) is 0 Å². The molecule has 0 bridgehead atoms. The number of aromatic amines is 1. The van der Waals surface area contributed by atoms with E-state index in [0.717, 1.165) is 15.0 Å². The summed E-state index contributed by atoms with van der Waals surface area (Å²) < 4.78 is 0.746. The van der Waals surface area contributed by atoms with Crippen molar-refractivity contribution in [2.24, 2.45) is 5.92 Å². The van der Waals surface area contributed by atoms with Gasteiger partial charge in [0.25, 0.3) is 0 Å². The van der Waals surface area contributed by atoms with Crippen LogP contribution in [0, 0.1) is 9.87 Å². The van der Waals surface area contributed by atoms with Gasteiger partial charge in [0, 0.05) is 6.04 Å². The van der Waals surface area contributed by atoms with Crippen LogP contribution < -0.4 is 5.32 Å². The largest absolute Gasteiger partial charge is 0.357 e. The monoisotopic (exact) mass is 229 g/mol. The molecule has 0 aliphatic heterocycles. The Morgan fingerprint density at radius 3 is 2.93 bits per heavy atom. The van der Waals surface area contributed by atoms with Gasteiger partial charge in [0.05, 0.1) is 0 Å². The number of nitrogens with one attached hydrogen (secondary N) is 2. The third-order valence-corrected chi connectivity index (χ3v) is 3.88. The molecule has 78 valence electrons. The average molecular weight is 229 g/mol.